The highest BCUT2D eigenvalue weighted by molar-refractivity contribution is 5.79. The van der Waals surface area contributed by atoms with Gasteiger partial charge in [-0.2, -0.15) is 0 Å². The Labute approximate surface area is 141 Å². The van der Waals surface area contributed by atoms with Crippen LogP contribution in [0, 0.1) is 0 Å². The Balaban J connectivity index is 1.64. The van der Waals surface area contributed by atoms with Crippen molar-refractivity contribution in [3.8, 4) is 0 Å². The van der Waals surface area contributed by atoms with Crippen LogP contribution in [0.1, 0.15) is 30.4 Å². The second-order valence-corrected chi connectivity index (χ2v) is 6.55. The molecule has 1 fully saturated rings. The van der Waals surface area contributed by atoms with Gasteiger partial charge in [-0.25, -0.2) is 0 Å². The van der Waals surface area contributed by atoms with Gasteiger partial charge in [0.05, 0.1) is 13.2 Å². The zero-order valence-corrected chi connectivity index (χ0v) is 13.9. The summed E-state index contributed by atoms with van der Waals surface area (Å²) in [6, 6.07) is 10.8. The van der Waals surface area contributed by atoms with E-state index in [0.717, 1.165) is 31.0 Å². The summed E-state index contributed by atoms with van der Waals surface area (Å²) in [5.74, 6) is 2.46. The molecule has 0 unspecified atom stereocenters. The number of hydrogen-bond donors (Lipinski definition) is 1. The first-order chi connectivity index (χ1) is 11.8. The fourth-order valence-corrected chi connectivity index (χ4v) is 3.50. The molecule has 2 aromatic heterocycles. The number of hydrogen-bond acceptors (Lipinski definition) is 4. The van der Waals surface area contributed by atoms with E-state index in [1.54, 1.807) is 7.11 Å². The van der Waals surface area contributed by atoms with Crippen molar-refractivity contribution in [3.63, 3.8) is 0 Å². The van der Waals surface area contributed by atoms with Crippen LogP contribution in [-0.4, -0.2) is 39.1 Å². The minimum absolute atomic E-state index is 0.305. The maximum absolute atomic E-state index is 5.95. The predicted molar refractivity (Wildman–Crippen MR) is 92.9 cm³/mol. The zero-order chi connectivity index (χ0) is 16.5. The van der Waals surface area contributed by atoms with Gasteiger partial charge in [0.25, 0.3) is 0 Å². The number of aromatic nitrogens is 4. The number of methoxy groups -OCH3 is 1. The monoisotopic (exact) mass is 325 g/mol. The standard InChI is InChI=1S/C18H23N5O/c1-24-9-8-23-17(20-21-18(23)14-10-15(19)11-14)12-22-7-6-13-4-2-3-5-16(13)22/h2-7,14-15H,8-12,19H2,1H3. The number of fused-ring (bicyclic) bond motifs is 1. The Morgan fingerprint density at radius 2 is 2.04 bits per heavy atom. The van der Waals surface area contributed by atoms with Crippen molar-refractivity contribution in [1.29, 1.82) is 0 Å². The van der Waals surface area contributed by atoms with E-state index in [1.165, 1.54) is 10.9 Å². The molecule has 1 saturated carbocycles. The first-order valence-corrected chi connectivity index (χ1v) is 8.46. The first-order valence-electron chi connectivity index (χ1n) is 8.46. The van der Waals surface area contributed by atoms with Crippen LogP contribution in [-0.2, 0) is 17.8 Å². The molecule has 0 bridgehead atoms. The van der Waals surface area contributed by atoms with Crippen LogP contribution in [0.5, 0.6) is 0 Å². The maximum atomic E-state index is 5.95. The maximum Gasteiger partial charge on any atom is 0.153 e. The molecule has 126 valence electrons. The van der Waals surface area contributed by atoms with Crippen molar-refractivity contribution in [2.24, 2.45) is 5.73 Å². The third-order valence-electron chi connectivity index (χ3n) is 4.91. The molecule has 0 atom stereocenters. The Morgan fingerprint density at radius 1 is 1.21 bits per heavy atom. The second-order valence-electron chi connectivity index (χ2n) is 6.55. The fraction of sp³-hybridized carbons (Fsp3) is 0.444. The van der Waals surface area contributed by atoms with Gasteiger partial charge in [-0.05, 0) is 30.4 Å². The zero-order valence-electron chi connectivity index (χ0n) is 13.9. The van der Waals surface area contributed by atoms with Gasteiger partial charge < -0.3 is 19.6 Å². The molecular formula is C18H23N5O. The van der Waals surface area contributed by atoms with Crippen molar-refractivity contribution in [1.82, 2.24) is 19.3 Å². The molecule has 0 spiro atoms. The van der Waals surface area contributed by atoms with Crippen molar-refractivity contribution < 1.29 is 4.74 Å². The lowest BCUT2D eigenvalue weighted by Crippen LogP contribution is -2.36. The van der Waals surface area contributed by atoms with Crippen molar-refractivity contribution in [2.45, 2.75) is 37.9 Å². The van der Waals surface area contributed by atoms with Gasteiger partial charge >= 0.3 is 0 Å². The molecule has 4 rings (SSSR count). The molecule has 3 aromatic rings. The highest BCUT2D eigenvalue weighted by Gasteiger charge is 2.32. The average Bonchev–Trinajstić information content (AvgIpc) is 3.15. The fourth-order valence-electron chi connectivity index (χ4n) is 3.50. The molecule has 0 amide bonds. The van der Waals surface area contributed by atoms with Crippen LogP contribution in [0.2, 0.25) is 0 Å². The smallest absolute Gasteiger partial charge is 0.153 e. The second kappa shape index (κ2) is 6.37. The lowest BCUT2D eigenvalue weighted by molar-refractivity contribution is 0.183. The molecule has 0 saturated heterocycles. The highest BCUT2D eigenvalue weighted by atomic mass is 16.5. The van der Waals surface area contributed by atoms with Gasteiger partial charge in [-0.1, -0.05) is 18.2 Å². The van der Waals surface area contributed by atoms with Gasteiger partial charge in [0.15, 0.2) is 5.82 Å². The van der Waals surface area contributed by atoms with Crippen molar-refractivity contribution in [3.05, 3.63) is 48.2 Å². The largest absolute Gasteiger partial charge is 0.383 e. The van der Waals surface area contributed by atoms with E-state index in [1.807, 2.05) is 0 Å². The van der Waals surface area contributed by atoms with Gasteiger partial charge in [0.1, 0.15) is 5.82 Å². The number of benzene rings is 1. The molecule has 24 heavy (non-hydrogen) atoms. The molecule has 6 nitrogen and oxygen atoms in total. The molecule has 6 heteroatoms. The summed E-state index contributed by atoms with van der Waals surface area (Å²) in [7, 11) is 1.72. The Bertz CT molecular complexity index is 831. The Hall–Kier alpha value is -2.18. The molecule has 1 aliphatic carbocycles. The third kappa shape index (κ3) is 2.72. The molecular weight excluding hydrogens is 302 g/mol. The van der Waals surface area contributed by atoms with E-state index in [2.05, 4.69) is 55.9 Å². The summed E-state index contributed by atoms with van der Waals surface area (Å²) in [4.78, 5) is 0. The van der Waals surface area contributed by atoms with Crippen LogP contribution >= 0.6 is 0 Å². The number of ether oxygens (including phenoxy) is 1. The predicted octanol–water partition coefficient (Wildman–Crippen LogP) is 2.13. The van der Waals surface area contributed by atoms with Crippen molar-refractivity contribution >= 4 is 10.9 Å². The molecule has 1 aliphatic rings. The summed E-state index contributed by atoms with van der Waals surface area (Å²) in [5.41, 5.74) is 7.16. The van der Waals surface area contributed by atoms with Gasteiger partial charge in [0, 0.05) is 37.3 Å². The average molecular weight is 325 g/mol. The molecule has 0 aliphatic heterocycles. The third-order valence-corrected chi connectivity index (χ3v) is 4.91. The van der Waals surface area contributed by atoms with Crippen LogP contribution in [0.3, 0.4) is 0 Å². The number of nitrogens with zero attached hydrogens (tertiary/aromatic N) is 4. The summed E-state index contributed by atoms with van der Waals surface area (Å²) in [6.45, 7) is 2.14. The normalized spacial score (nSPS) is 20.4. The lowest BCUT2D eigenvalue weighted by Gasteiger charge is -2.31. The SMILES string of the molecule is COCCn1c(Cn2ccc3ccccc32)nnc1C1CC(N)C1. The number of para-hydroxylation sites is 1. The highest BCUT2D eigenvalue weighted by Crippen LogP contribution is 2.35. The number of nitrogens with two attached hydrogens (primary N) is 1. The van der Waals surface area contributed by atoms with Gasteiger partial charge in [-0.3, -0.25) is 0 Å². The summed E-state index contributed by atoms with van der Waals surface area (Å²) in [6.07, 6.45) is 4.11. The topological polar surface area (TPSA) is 70.9 Å². The minimum atomic E-state index is 0.305. The van der Waals surface area contributed by atoms with E-state index in [4.69, 9.17) is 10.5 Å². The van der Waals surface area contributed by atoms with E-state index in [9.17, 15) is 0 Å². The van der Waals surface area contributed by atoms with E-state index in [0.29, 0.717) is 25.1 Å². The lowest BCUT2D eigenvalue weighted by atomic mass is 9.80. The molecule has 0 radical (unpaired) electrons. The van der Waals surface area contributed by atoms with E-state index >= 15 is 0 Å². The number of rotatable bonds is 6. The van der Waals surface area contributed by atoms with Crippen LogP contribution < -0.4 is 5.73 Å². The van der Waals surface area contributed by atoms with E-state index < -0.39 is 0 Å². The first kappa shape index (κ1) is 15.4. The summed E-state index contributed by atoms with van der Waals surface area (Å²) in [5, 5.41) is 10.2. The van der Waals surface area contributed by atoms with E-state index in [-0.39, 0.29) is 0 Å². The molecule has 2 heterocycles. The van der Waals surface area contributed by atoms with Crippen LogP contribution in [0.25, 0.3) is 10.9 Å². The minimum Gasteiger partial charge on any atom is -0.383 e. The van der Waals surface area contributed by atoms with Crippen LogP contribution in [0.4, 0.5) is 0 Å². The quantitative estimate of drug-likeness (QED) is 0.754. The Morgan fingerprint density at radius 3 is 2.83 bits per heavy atom. The summed E-state index contributed by atoms with van der Waals surface area (Å²) >= 11 is 0. The van der Waals surface area contributed by atoms with Gasteiger partial charge in [-0.15, -0.1) is 10.2 Å². The summed E-state index contributed by atoms with van der Waals surface area (Å²) < 4.78 is 9.71. The van der Waals surface area contributed by atoms with Gasteiger partial charge in [0.2, 0.25) is 0 Å². The molecule has 1 aromatic carbocycles. The van der Waals surface area contributed by atoms with Crippen molar-refractivity contribution in [2.75, 3.05) is 13.7 Å². The Kier molecular flexibility index (Phi) is 4.08. The molecule has 2 N–H and O–H groups in total. The van der Waals surface area contributed by atoms with Crippen LogP contribution in [0.15, 0.2) is 36.5 Å².